The number of benzene rings is 2. The molecule has 0 saturated carbocycles. The molecule has 6 nitrogen and oxygen atoms in total. The van der Waals surface area contributed by atoms with Crippen LogP contribution in [0.1, 0.15) is 22.2 Å². The average Bonchev–Trinajstić information content (AvgIpc) is 3.11. The third-order valence-corrected chi connectivity index (χ3v) is 5.34. The van der Waals surface area contributed by atoms with Crippen molar-refractivity contribution in [3.8, 4) is 11.5 Å². The number of hydrogen-bond donors (Lipinski definition) is 1. The summed E-state index contributed by atoms with van der Waals surface area (Å²) in [6.45, 7) is 3.17. The van der Waals surface area contributed by atoms with Gasteiger partial charge in [-0.15, -0.1) is 11.3 Å². The zero-order chi connectivity index (χ0) is 19.5. The Morgan fingerprint density at radius 3 is 2.71 bits per heavy atom. The van der Waals surface area contributed by atoms with E-state index in [-0.39, 0.29) is 18.3 Å². The second-order valence-corrected chi connectivity index (χ2v) is 7.37. The zero-order valence-corrected chi connectivity index (χ0v) is 16.1. The SMILES string of the molecule is CCOC(=O)c1cc2cc(NC(=O)Cc3ccc4c(c3)OCCO4)ccc2s1. The highest BCUT2D eigenvalue weighted by atomic mass is 32.1. The van der Waals surface area contributed by atoms with Crippen molar-refractivity contribution in [2.24, 2.45) is 0 Å². The van der Waals surface area contributed by atoms with Gasteiger partial charge in [-0.3, -0.25) is 4.79 Å². The lowest BCUT2D eigenvalue weighted by Crippen LogP contribution is -2.17. The maximum absolute atomic E-state index is 12.4. The molecule has 2 heterocycles. The van der Waals surface area contributed by atoms with Crippen LogP contribution in [0.25, 0.3) is 10.1 Å². The van der Waals surface area contributed by atoms with Crippen molar-refractivity contribution in [3.05, 3.63) is 52.9 Å². The van der Waals surface area contributed by atoms with E-state index >= 15 is 0 Å². The van der Waals surface area contributed by atoms with Crippen LogP contribution in [-0.2, 0) is 16.0 Å². The lowest BCUT2D eigenvalue weighted by Gasteiger charge is -2.18. The van der Waals surface area contributed by atoms with Gasteiger partial charge >= 0.3 is 5.97 Å². The van der Waals surface area contributed by atoms with E-state index < -0.39 is 0 Å². The Morgan fingerprint density at radius 2 is 1.89 bits per heavy atom. The van der Waals surface area contributed by atoms with E-state index in [0.717, 1.165) is 15.6 Å². The number of esters is 1. The minimum absolute atomic E-state index is 0.128. The number of amides is 1. The summed E-state index contributed by atoms with van der Waals surface area (Å²) in [6, 6.07) is 12.9. The fraction of sp³-hybridized carbons (Fsp3) is 0.238. The minimum Gasteiger partial charge on any atom is -0.486 e. The molecule has 0 saturated heterocycles. The fourth-order valence-corrected chi connectivity index (χ4v) is 3.95. The molecule has 1 amide bonds. The van der Waals surface area contributed by atoms with Crippen LogP contribution >= 0.6 is 11.3 Å². The first-order chi connectivity index (χ1) is 13.6. The molecule has 3 aromatic rings. The summed E-state index contributed by atoms with van der Waals surface area (Å²) >= 11 is 1.38. The number of carbonyl (C=O) groups is 2. The molecule has 1 aliphatic rings. The van der Waals surface area contributed by atoms with Gasteiger partial charge in [0.2, 0.25) is 5.91 Å². The highest BCUT2D eigenvalue weighted by Crippen LogP contribution is 2.31. The van der Waals surface area contributed by atoms with Crippen molar-refractivity contribution in [3.63, 3.8) is 0 Å². The fourth-order valence-electron chi connectivity index (χ4n) is 3.01. The van der Waals surface area contributed by atoms with Gasteiger partial charge in [-0.1, -0.05) is 6.07 Å². The van der Waals surface area contributed by atoms with Crippen LogP contribution in [0, 0.1) is 0 Å². The van der Waals surface area contributed by atoms with Crippen LogP contribution in [0.4, 0.5) is 5.69 Å². The quantitative estimate of drug-likeness (QED) is 0.658. The Morgan fingerprint density at radius 1 is 1.07 bits per heavy atom. The Hall–Kier alpha value is -3.06. The number of thiophene rings is 1. The van der Waals surface area contributed by atoms with Crippen molar-refractivity contribution in [2.45, 2.75) is 13.3 Å². The number of hydrogen-bond acceptors (Lipinski definition) is 6. The van der Waals surface area contributed by atoms with E-state index in [1.807, 2.05) is 36.4 Å². The molecule has 0 bridgehead atoms. The molecule has 1 aliphatic heterocycles. The molecule has 0 spiro atoms. The van der Waals surface area contributed by atoms with Gasteiger partial charge in [0.1, 0.15) is 18.1 Å². The molecule has 7 heteroatoms. The second-order valence-electron chi connectivity index (χ2n) is 6.29. The first-order valence-electron chi connectivity index (χ1n) is 9.01. The van der Waals surface area contributed by atoms with E-state index in [1.54, 1.807) is 13.0 Å². The molecular weight excluding hydrogens is 378 g/mol. The number of nitrogens with one attached hydrogen (secondary N) is 1. The largest absolute Gasteiger partial charge is 0.486 e. The minimum atomic E-state index is -0.326. The zero-order valence-electron chi connectivity index (χ0n) is 15.3. The van der Waals surface area contributed by atoms with Crippen molar-refractivity contribution >= 4 is 39.0 Å². The molecule has 28 heavy (non-hydrogen) atoms. The molecule has 0 fully saturated rings. The van der Waals surface area contributed by atoms with Gasteiger partial charge in [0, 0.05) is 10.4 Å². The summed E-state index contributed by atoms with van der Waals surface area (Å²) in [5.41, 5.74) is 1.53. The predicted octanol–water partition coefficient (Wildman–Crippen LogP) is 4.03. The standard InChI is InChI=1S/C21H19NO5S/c1-2-25-21(24)19-12-14-11-15(4-6-18(14)28-19)22-20(23)10-13-3-5-16-17(9-13)27-8-7-26-16/h3-6,9,11-12H,2,7-8,10H2,1H3,(H,22,23). The number of anilines is 1. The Balaban J connectivity index is 1.45. The third kappa shape index (κ3) is 3.94. The lowest BCUT2D eigenvalue weighted by atomic mass is 10.1. The van der Waals surface area contributed by atoms with Crippen molar-refractivity contribution in [1.82, 2.24) is 0 Å². The van der Waals surface area contributed by atoms with E-state index in [0.29, 0.717) is 41.9 Å². The average molecular weight is 397 g/mol. The molecule has 0 atom stereocenters. The molecule has 2 aromatic carbocycles. The first kappa shape index (κ1) is 18.3. The Bertz CT molecular complexity index is 1040. The number of ether oxygens (including phenoxy) is 3. The summed E-state index contributed by atoms with van der Waals surface area (Å²) < 4.78 is 17.1. The summed E-state index contributed by atoms with van der Waals surface area (Å²) in [4.78, 5) is 24.9. The molecule has 0 aliphatic carbocycles. The topological polar surface area (TPSA) is 73.9 Å². The molecule has 0 radical (unpaired) electrons. The lowest BCUT2D eigenvalue weighted by molar-refractivity contribution is -0.115. The van der Waals surface area contributed by atoms with E-state index in [2.05, 4.69) is 5.32 Å². The molecule has 1 N–H and O–H groups in total. The van der Waals surface area contributed by atoms with Gasteiger partial charge in [-0.25, -0.2) is 4.79 Å². The van der Waals surface area contributed by atoms with Gasteiger partial charge in [-0.05, 0) is 54.3 Å². The second kappa shape index (κ2) is 7.90. The van der Waals surface area contributed by atoms with Crippen molar-refractivity contribution in [2.75, 3.05) is 25.1 Å². The highest BCUT2D eigenvalue weighted by molar-refractivity contribution is 7.20. The normalized spacial score (nSPS) is 12.6. The van der Waals surface area contributed by atoms with E-state index in [9.17, 15) is 9.59 Å². The Kier molecular flexibility index (Phi) is 5.16. The maximum Gasteiger partial charge on any atom is 0.348 e. The highest BCUT2D eigenvalue weighted by Gasteiger charge is 2.14. The monoisotopic (exact) mass is 397 g/mol. The molecular formula is C21H19NO5S. The van der Waals surface area contributed by atoms with E-state index in [4.69, 9.17) is 14.2 Å². The van der Waals surface area contributed by atoms with Crippen LogP contribution in [0.2, 0.25) is 0 Å². The molecule has 144 valence electrons. The number of rotatable bonds is 5. The van der Waals surface area contributed by atoms with Gasteiger partial charge in [-0.2, -0.15) is 0 Å². The van der Waals surface area contributed by atoms with Gasteiger partial charge < -0.3 is 19.5 Å². The van der Waals surface area contributed by atoms with Crippen LogP contribution in [0.15, 0.2) is 42.5 Å². The molecule has 1 aromatic heterocycles. The number of carbonyl (C=O) groups excluding carboxylic acids is 2. The summed E-state index contributed by atoms with van der Waals surface area (Å²) in [6.07, 6.45) is 0.229. The van der Waals surface area contributed by atoms with Crippen molar-refractivity contribution < 1.29 is 23.8 Å². The summed E-state index contributed by atoms with van der Waals surface area (Å²) in [5, 5.41) is 3.80. The van der Waals surface area contributed by atoms with Gasteiger partial charge in [0.15, 0.2) is 11.5 Å². The van der Waals surface area contributed by atoms with Crippen LogP contribution < -0.4 is 14.8 Å². The van der Waals surface area contributed by atoms with Gasteiger partial charge in [0.25, 0.3) is 0 Å². The van der Waals surface area contributed by atoms with Crippen molar-refractivity contribution in [1.29, 1.82) is 0 Å². The molecule has 0 unspecified atom stereocenters. The number of fused-ring (bicyclic) bond motifs is 2. The smallest absolute Gasteiger partial charge is 0.348 e. The third-order valence-electron chi connectivity index (χ3n) is 4.25. The van der Waals surface area contributed by atoms with Crippen LogP contribution in [0.5, 0.6) is 11.5 Å². The maximum atomic E-state index is 12.4. The predicted molar refractivity (Wildman–Crippen MR) is 108 cm³/mol. The van der Waals surface area contributed by atoms with Crippen LogP contribution in [0.3, 0.4) is 0 Å². The first-order valence-corrected chi connectivity index (χ1v) is 9.83. The van der Waals surface area contributed by atoms with Crippen LogP contribution in [-0.4, -0.2) is 31.7 Å². The molecule has 4 rings (SSSR count). The summed E-state index contributed by atoms with van der Waals surface area (Å²) in [5.74, 6) is 0.920. The van der Waals surface area contributed by atoms with Gasteiger partial charge in [0.05, 0.1) is 13.0 Å². The van der Waals surface area contributed by atoms with E-state index in [1.165, 1.54) is 11.3 Å². The Labute approximate surface area is 166 Å². The summed E-state index contributed by atoms with van der Waals surface area (Å²) in [7, 11) is 0.